The Morgan fingerprint density at radius 2 is 1.80 bits per heavy atom. The van der Waals surface area contributed by atoms with Crippen molar-refractivity contribution in [2.24, 2.45) is 0 Å². The average Bonchev–Trinajstić information content (AvgIpc) is 2.36. The van der Waals surface area contributed by atoms with E-state index >= 15 is 0 Å². The number of hydrogen-bond donors (Lipinski definition) is 0. The molecule has 0 saturated carbocycles. The predicted molar refractivity (Wildman–Crippen MR) is 71.4 cm³/mol. The Kier molecular flexibility index (Phi) is 4.18. The Morgan fingerprint density at radius 3 is 2.35 bits per heavy atom. The van der Waals surface area contributed by atoms with Crippen LogP contribution in [0.1, 0.15) is 0 Å². The van der Waals surface area contributed by atoms with Crippen molar-refractivity contribution < 1.29 is 18.9 Å². The Morgan fingerprint density at radius 1 is 1.20 bits per heavy atom. The molecule has 0 aliphatic carbocycles. The van der Waals surface area contributed by atoms with E-state index in [1.54, 1.807) is 32.2 Å². The van der Waals surface area contributed by atoms with Crippen LogP contribution >= 0.6 is 0 Å². The summed E-state index contributed by atoms with van der Waals surface area (Å²) in [5.41, 5.74) is 0.280. The van der Waals surface area contributed by atoms with Gasteiger partial charge in [0.15, 0.2) is 0 Å². The first-order valence-corrected chi connectivity index (χ1v) is 6.02. The standard InChI is InChI=1S/C11H15BN4O4/c1-15(2)9-5-13-4-8(14-9)12-19-10(17)6-16(3)7-11(18)20-12/h4-5H,6-7H2,1-3H3. The number of hydrogen-bond acceptors (Lipinski definition) is 8. The summed E-state index contributed by atoms with van der Waals surface area (Å²) in [5, 5.41) is 0. The van der Waals surface area contributed by atoms with Crippen LogP contribution in [-0.4, -0.2) is 68.2 Å². The van der Waals surface area contributed by atoms with E-state index in [0.717, 1.165) is 0 Å². The van der Waals surface area contributed by atoms with Crippen molar-refractivity contribution in [1.82, 2.24) is 14.9 Å². The number of nitrogens with zero attached hydrogens (tertiary/aromatic N) is 4. The lowest BCUT2D eigenvalue weighted by molar-refractivity contribution is -0.145. The van der Waals surface area contributed by atoms with E-state index in [4.69, 9.17) is 9.31 Å². The average molecular weight is 278 g/mol. The lowest BCUT2D eigenvalue weighted by atomic mass is 9.84. The molecule has 0 spiro atoms. The summed E-state index contributed by atoms with van der Waals surface area (Å²) in [4.78, 5) is 34.8. The minimum atomic E-state index is -1.16. The van der Waals surface area contributed by atoms with Gasteiger partial charge in [-0.25, -0.2) is 4.98 Å². The number of carbonyl (C=O) groups excluding carboxylic acids is 2. The third-order valence-electron chi connectivity index (χ3n) is 2.62. The van der Waals surface area contributed by atoms with Crippen LogP contribution in [0.25, 0.3) is 0 Å². The Bertz CT molecular complexity index is 505. The molecule has 1 saturated heterocycles. The van der Waals surface area contributed by atoms with Crippen molar-refractivity contribution in [3.63, 3.8) is 0 Å². The van der Waals surface area contributed by atoms with Gasteiger partial charge in [0.1, 0.15) is 11.4 Å². The second-order valence-electron chi connectivity index (χ2n) is 4.68. The molecule has 9 heteroatoms. The molecule has 8 nitrogen and oxygen atoms in total. The van der Waals surface area contributed by atoms with Crippen LogP contribution < -0.4 is 10.5 Å². The molecule has 2 heterocycles. The monoisotopic (exact) mass is 278 g/mol. The highest BCUT2D eigenvalue weighted by molar-refractivity contribution is 6.63. The van der Waals surface area contributed by atoms with Gasteiger partial charge in [-0.2, -0.15) is 0 Å². The third kappa shape index (κ3) is 3.44. The number of likely N-dealkylation sites (N-methyl/N-ethyl adjacent to an activating group) is 1. The summed E-state index contributed by atoms with van der Waals surface area (Å²) in [6.07, 6.45) is 2.97. The van der Waals surface area contributed by atoms with Crippen molar-refractivity contribution in [1.29, 1.82) is 0 Å². The van der Waals surface area contributed by atoms with Gasteiger partial charge in [0.2, 0.25) is 0 Å². The van der Waals surface area contributed by atoms with Crippen LogP contribution in [0.3, 0.4) is 0 Å². The van der Waals surface area contributed by atoms with Gasteiger partial charge in [-0.05, 0) is 7.05 Å². The lowest BCUT2D eigenvalue weighted by Gasteiger charge is -2.22. The Balaban J connectivity index is 2.23. The van der Waals surface area contributed by atoms with Gasteiger partial charge in [0.05, 0.1) is 19.3 Å². The van der Waals surface area contributed by atoms with E-state index in [0.29, 0.717) is 5.82 Å². The van der Waals surface area contributed by atoms with Gasteiger partial charge >= 0.3 is 19.1 Å². The number of carbonyl (C=O) groups is 2. The summed E-state index contributed by atoms with van der Waals surface area (Å²) in [7, 11) is 4.09. The fourth-order valence-electron chi connectivity index (χ4n) is 1.65. The number of aromatic nitrogens is 2. The molecule has 0 unspecified atom stereocenters. The fraction of sp³-hybridized carbons (Fsp3) is 0.455. The maximum Gasteiger partial charge on any atom is 0.658 e. The molecule has 1 aromatic rings. The third-order valence-corrected chi connectivity index (χ3v) is 2.62. The van der Waals surface area contributed by atoms with Crippen LogP contribution in [0.15, 0.2) is 12.4 Å². The van der Waals surface area contributed by atoms with Crippen molar-refractivity contribution >= 4 is 30.5 Å². The van der Waals surface area contributed by atoms with E-state index in [9.17, 15) is 9.59 Å². The maximum absolute atomic E-state index is 11.6. The SMILES string of the molecule is CN1CC(=O)OB(c2cncc(N(C)C)n2)OC(=O)C1. The fourth-order valence-corrected chi connectivity index (χ4v) is 1.65. The molecule has 1 aliphatic rings. The number of anilines is 1. The zero-order valence-electron chi connectivity index (χ0n) is 11.6. The van der Waals surface area contributed by atoms with E-state index in [-0.39, 0.29) is 18.7 Å². The molecule has 0 atom stereocenters. The number of rotatable bonds is 2. The Labute approximate surface area is 116 Å². The lowest BCUT2D eigenvalue weighted by Crippen LogP contribution is -2.49. The van der Waals surface area contributed by atoms with E-state index in [1.165, 1.54) is 11.1 Å². The first-order chi connectivity index (χ1) is 9.45. The van der Waals surface area contributed by atoms with Gasteiger partial charge in [-0.1, -0.05) is 0 Å². The predicted octanol–water partition coefficient (Wildman–Crippen LogP) is -1.73. The molecular formula is C11H15BN4O4. The Hall–Kier alpha value is -2.16. The van der Waals surface area contributed by atoms with Gasteiger partial charge < -0.3 is 14.2 Å². The highest BCUT2D eigenvalue weighted by Crippen LogP contribution is 2.04. The highest BCUT2D eigenvalue weighted by atomic mass is 16.6. The molecular weight excluding hydrogens is 263 g/mol. The molecule has 1 aromatic heterocycles. The molecule has 0 bridgehead atoms. The largest absolute Gasteiger partial charge is 0.658 e. The van der Waals surface area contributed by atoms with Crippen molar-refractivity contribution in [3.8, 4) is 0 Å². The summed E-state index contributed by atoms with van der Waals surface area (Å²) in [5.74, 6) is -0.391. The van der Waals surface area contributed by atoms with Crippen molar-refractivity contribution in [3.05, 3.63) is 12.4 Å². The van der Waals surface area contributed by atoms with E-state index in [2.05, 4.69) is 9.97 Å². The van der Waals surface area contributed by atoms with Crippen LogP contribution in [-0.2, 0) is 18.9 Å². The molecule has 1 aliphatic heterocycles. The summed E-state index contributed by atoms with van der Waals surface area (Å²) >= 11 is 0. The molecule has 0 amide bonds. The van der Waals surface area contributed by atoms with Gasteiger partial charge in [0.25, 0.3) is 0 Å². The van der Waals surface area contributed by atoms with Gasteiger partial charge in [-0.15, -0.1) is 0 Å². The smallest absolute Gasteiger partial charge is 0.493 e. The summed E-state index contributed by atoms with van der Waals surface area (Å²) in [6, 6.07) is 0. The van der Waals surface area contributed by atoms with Crippen molar-refractivity contribution in [2.75, 3.05) is 39.1 Å². The first-order valence-electron chi connectivity index (χ1n) is 6.02. The minimum absolute atomic E-state index is 0.0202. The zero-order chi connectivity index (χ0) is 14.7. The van der Waals surface area contributed by atoms with E-state index < -0.39 is 19.1 Å². The quantitative estimate of drug-likeness (QED) is 0.590. The van der Waals surface area contributed by atoms with Crippen LogP contribution in [0.5, 0.6) is 0 Å². The molecule has 1 fully saturated rings. The van der Waals surface area contributed by atoms with Crippen molar-refractivity contribution in [2.45, 2.75) is 0 Å². The van der Waals surface area contributed by atoms with Crippen LogP contribution in [0.2, 0.25) is 0 Å². The second kappa shape index (κ2) is 5.87. The minimum Gasteiger partial charge on any atom is -0.493 e. The van der Waals surface area contributed by atoms with Crippen LogP contribution in [0.4, 0.5) is 5.82 Å². The molecule has 2 rings (SSSR count). The summed E-state index contributed by atoms with van der Waals surface area (Å²) in [6.45, 7) is 0.0405. The van der Waals surface area contributed by atoms with Gasteiger partial charge in [0, 0.05) is 20.3 Å². The summed E-state index contributed by atoms with van der Waals surface area (Å²) < 4.78 is 10.2. The molecule has 0 radical (unpaired) electrons. The topological polar surface area (TPSA) is 84.9 Å². The van der Waals surface area contributed by atoms with Gasteiger partial charge in [-0.3, -0.25) is 19.5 Å². The zero-order valence-corrected chi connectivity index (χ0v) is 11.6. The normalized spacial score (nSPS) is 17.1. The molecule has 0 aromatic carbocycles. The first kappa shape index (κ1) is 14.3. The highest BCUT2D eigenvalue weighted by Gasteiger charge is 2.35. The molecule has 0 N–H and O–H groups in total. The van der Waals surface area contributed by atoms with Crippen LogP contribution in [0, 0.1) is 0 Å². The second-order valence-corrected chi connectivity index (χ2v) is 4.68. The maximum atomic E-state index is 11.6. The molecule has 106 valence electrons. The van der Waals surface area contributed by atoms with E-state index in [1.807, 2.05) is 0 Å². The molecule has 20 heavy (non-hydrogen) atoms.